The van der Waals surface area contributed by atoms with Gasteiger partial charge in [-0.05, 0) is 30.3 Å². The summed E-state index contributed by atoms with van der Waals surface area (Å²) < 4.78 is 1.85. The van der Waals surface area contributed by atoms with Crippen LogP contribution in [-0.4, -0.2) is 14.8 Å². The minimum absolute atomic E-state index is 0.288. The maximum Gasteiger partial charge on any atom is 0.0901 e. The van der Waals surface area contributed by atoms with Crippen molar-refractivity contribution in [2.45, 2.75) is 6.04 Å². The van der Waals surface area contributed by atoms with Gasteiger partial charge in [0.15, 0.2) is 0 Å². The summed E-state index contributed by atoms with van der Waals surface area (Å²) in [5.41, 5.74) is 9.02. The van der Waals surface area contributed by atoms with Crippen LogP contribution in [0, 0.1) is 0 Å². The Balaban J connectivity index is 2.01. The fourth-order valence-corrected chi connectivity index (χ4v) is 2.05. The molecule has 0 aliphatic carbocycles. The maximum absolute atomic E-state index is 6.28. The molecule has 0 amide bonds. The Morgan fingerprint density at radius 3 is 2.42 bits per heavy atom. The third kappa shape index (κ3) is 2.26. The molecule has 0 radical (unpaired) electrons. The number of hydrogen-bond donors (Lipinski definition) is 1. The van der Waals surface area contributed by atoms with Crippen molar-refractivity contribution >= 4 is 0 Å². The van der Waals surface area contributed by atoms with Gasteiger partial charge in [-0.3, -0.25) is 4.98 Å². The molecule has 0 bridgehead atoms. The summed E-state index contributed by atoms with van der Waals surface area (Å²) in [5, 5.41) is 4.34. The molecule has 4 heteroatoms. The molecule has 0 spiro atoms. The SMILES string of the molecule is NC(c1ccccn1)c1ccnn1-c1ccccc1. The minimum Gasteiger partial charge on any atom is -0.318 e. The van der Waals surface area contributed by atoms with E-state index >= 15 is 0 Å². The fraction of sp³-hybridized carbons (Fsp3) is 0.0667. The number of para-hydroxylation sites is 1. The lowest BCUT2D eigenvalue weighted by atomic mass is 10.1. The molecule has 0 aliphatic rings. The summed E-state index contributed by atoms with van der Waals surface area (Å²) in [6.45, 7) is 0. The van der Waals surface area contributed by atoms with E-state index in [1.54, 1.807) is 12.4 Å². The molecule has 0 saturated heterocycles. The second-order valence-corrected chi connectivity index (χ2v) is 4.24. The number of benzene rings is 1. The summed E-state index contributed by atoms with van der Waals surface area (Å²) in [5.74, 6) is 0. The highest BCUT2D eigenvalue weighted by molar-refractivity contribution is 5.34. The summed E-state index contributed by atoms with van der Waals surface area (Å²) in [7, 11) is 0. The Bertz CT molecular complexity index is 646. The van der Waals surface area contributed by atoms with Gasteiger partial charge in [-0.25, -0.2) is 4.68 Å². The van der Waals surface area contributed by atoms with E-state index in [-0.39, 0.29) is 6.04 Å². The molecular weight excluding hydrogens is 236 g/mol. The van der Waals surface area contributed by atoms with E-state index < -0.39 is 0 Å². The Hall–Kier alpha value is -2.46. The van der Waals surface area contributed by atoms with Crippen LogP contribution < -0.4 is 5.73 Å². The average molecular weight is 250 g/mol. The van der Waals surface area contributed by atoms with Crippen molar-refractivity contribution in [1.29, 1.82) is 0 Å². The van der Waals surface area contributed by atoms with Crippen LogP contribution in [0.3, 0.4) is 0 Å². The van der Waals surface area contributed by atoms with Crippen LogP contribution in [0.5, 0.6) is 0 Å². The molecule has 3 rings (SSSR count). The van der Waals surface area contributed by atoms with Gasteiger partial charge >= 0.3 is 0 Å². The van der Waals surface area contributed by atoms with Gasteiger partial charge in [0.05, 0.1) is 23.1 Å². The lowest BCUT2D eigenvalue weighted by Crippen LogP contribution is -2.17. The first kappa shape index (κ1) is 11.6. The van der Waals surface area contributed by atoms with E-state index in [9.17, 15) is 0 Å². The molecule has 4 nitrogen and oxygen atoms in total. The normalized spacial score (nSPS) is 12.3. The first-order valence-electron chi connectivity index (χ1n) is 6.12. The fourth-order valence-electron chi connectivity index (χ4n) is 2.05. The van der Waals surface area contributed by atoms with Crippen molar-refractivity contribution in [2.75, 3.05) is 0 Å². The quantitative estimate of drug-likeness (QED) is 0.776. The van der Waals surface area contributed by atoms with Gasteiger partial charge < -0.3 is 5.73 Å². The van der Waals surface area contributed by atoms with E-state index in [2.05, 4.69) is 10.1 Å². The molecule has 94 valence electrons. The monoisotopic (exact) mass is 250 g/mol. The van der Waals surface area contributed by atoms with Crippen LogP contribution in [0.2, 0.25) is 0 Å². The smallest absolute Gasteiger partial charge is 0.0901 e. The van der Waals surface area contributed by atoms with Crippen LogP contribution in [0.4, 0.5) is 0 Å². The third-order valence-electron chi connectivity index (χ3n) is 3.00. The maximum atomic E-state index is 6.28. The zero-order chi connectivity index (χ0) is 13.1. The first-order chi connectivity index (χ1) is 9.36. The summed E-state index contributed by atoms with van der Waals surface area (Å²) >= 11 is 0. The topological polar surface area (TPSA) is 56.7 Å². The highest BCUT2D eigenvalue weighted by Crippen LogP contribution is 2.20. The van der Waals surface area contributed by atoms with Gasteiger partial charge in [0.2, 0.25) is 0 Å². The summed E-state index contributed by atoms with van der Waals surface area (Å²) in [6, 6.07) is 17.3. The predicted molar refractivity (Wildman–Crippen MR) is 73.8 cm³/mol. The van der Waals surface area contributed by atoms with Gasteiger partial charge in [0.25, 0.3) is 0 Å². The lowest BCUT2D eigenvalue weighted by molar-refractivity contribution is 0.723. The van der Waals surface area contributed by atoms with Gasteiger partial charge in [0, 0.05) is 12.4 Å². The molecule has 0 fully saturated rings. The largest absolute Gasteiger partial charge is 0.318 e. The van der Waals surface area contributed by atoms with E-state index in [0.29, 0.717) is 0 Å². The predicted octanol–water partition coefficient (Wildman–Crippen LogP) is 2.32. The van der Waals surface area contributed by atoms with Gasteiger partial charge in [0.1, 0.15) is 0 Å². The Morgan fingerprint density at radius 1 is 0.895 bits per heavy atom. The van der Waals surface area contributed by atoms with Crippen molar-refractivity contribution in [3.63, 3.8) is 0 Å². The number of rotatable bonds is 3. The summed E-state index contributed by atoms with van der Waals surface area (Å²) in [6.07, 6.45) is 3.50. The van der Waals surface area contributed by atoms with Crippen molar-refractivity contribution < 1.29 is 0 Å². The first-order valence-corrected chi connectivity index (χ1v) is 6.12. The van der Waals surface area contributed by atoms with E-state index in [0.717, 1.165) is 17.1 Å². The number of pyridine rings is 1. The zero-order valence-electron chi connectivity index (χ0n) is 10.3. The van der Waals surface area contributed by atoms with Crippen LogP contribution in [-0.2, 0) is 0 Å². The number of hydrogen-bond acceptors (Lipinski definition) is 3. The zero-order valence-corrected chi connectivity index (χ0v) is 10.3. The molecular formula is C15H14N4. The average Bonchev–Trinajstić information content (AvgIpc) is 2.98. The minimum atomic E-state index is -0.288. The molecule has 2 N–H and O–H groups in total. The van der Waals surface area contributed by atoms with Crippen molar-refractivity contribution in [3.8, 4) is 5.69 Å². The van der Waals surface area contributed by atoms with Gasteiger partial charge in [-0.2, -0.15) is 5.10 Å². The standard InChI is InChI=1S/C15H14N4/c16-15(13-8-4-5-10-17-13)14-9-11-18-19(14)12-6-2-1-3-7-12/h1-11,15H,16H2. The van der Waals surface area contributed by atoms with E-state index in [1.165, 1.54) is 0 Å². The molecule has 1 atom stereocenters. The highest BCUT2D eigenvalue weighted by Gasteiger charge is 2.15. The molecule has 0 saturated carbocycles. The van der Waals surface area contributed by atoms with Gasteiger partial charge in [-0.15, -0.1) is 0 Å². The number of nitrogens with zero attached hydrogens (tertiary/aromatic N) is 3. The number of aromatic nitrogens is 3. The van der Waals surface area contributed by atoms with Crippen LogP contribution in [0.1, 0.15) is 17.4 Å². The number of nitrogens with two attached hydrogens (primary N) is 1. The molecule has 0 aliphatic heterocycles. The highest BCUT2D eigenvalue weighted by atomic mass is 15.3. The Morgan fingerprint density at radius 2 is 1.68 bits per heavy atom. The van der Waals surface area contributed by atoms with Crippen LogP contribution in [0.25, 0.3) is 5.69 Å². The second kappa shape index (κ2) is 5.04. The van der Waals surface area contributed by atoms with Crippen LogP contribution >= 0.6 is 0 Å². The molecule has 1 aromatic carbocycles. The van der Waals surface area contributed by atoms with Gasteiger partial charge in [-0.1, -0.05) is 24.3 Å². The Labute approximate surface area is 111 Å². The van der Waals surface area contributed by atoms with E-state index in [1.807, 2.05) is 59.3 Å². The molecule has 2 heterocycles. The molecule has 2 aromatic heterocycles. The molecule has 3 aromatic rings. The van der Waals surface area contributed by atoms with E-state index in [4.69, 9.17) is 5.73 Å². The van der Waals surface area contributed by atoms with Crippen molar-refractivity contribution in [1.82, 2.24) is 14.8 Å². The molecule has 19 heavy (non-hydrogen) atoms. The van der Waals surface area contributed by atoms with Crippen molar-refractivity contribution in [3.05, 3.63) is 78.4 Å². The second-order valence-electron chi connectivity index (χ2n) is 4.24. The summed E-state index contributed by atoms with van der Waals surface area (Å²) in [4.78, 5) is 4.30. The van der Waals surface area contributed by atoms with Crippen LogP contribution in [0.15, 0.2) is 67.0 Å². The molecule has 1 unspecified atom stereocenters. The lowest BCUT2D eigenvalue weighted by Gasteiger charge is -2.13. The third-order valence-corrected chi connectivity index (χ3v) is 3.00. The Kier molecular flexibility index (Phi) is 3.08. The van der Waals surface area contributed by atoms with Crippen molar-refractivity contribution in [2.24, 2.45) is 5.73 Å².